The first-order valence-electron chi connectivity index (χ1n) is 11.1. The predicted molar refractivity (Wildman–Crippen MR) is 127 cm³/mol. The molecule has 7 nitrogen and oxygen atoms in total. The Morgan fingerprint density at radius 1 is 1.00 bits per heavy atom. The number of para-hydroxylation sites is 2. The number of nitrogens with one attached hydrogen (secondary N) is 1. The molecule has 164 valence electrons. The number of hydrogen-bond donors (Lipinski definition) is 2. The zero-order chi connectivity index (χ0) is 22.0. The van der Waals surface area contributed by atoms with Gasteiger partial charge in [0.1, 0.15) is 11.6 Å². The third kappa shape index (κ3) is 4.03. The van der Waals surface area contributed by atoms with Crippen molar-refractivity contribution in [3.8, 4) is 0 Å². The van der Waals surface area contributed by atoms with E-state index in [-0.39, 0.29) is 11.4 Å². The average molecular weight is 429 g/mol. The lowest BCUT2D eigenvalue weighted by Gasteiger charge is -2.38. The second-order valence-corrected chi connectivity index (χ2v) is 8.45. The van der Waals surface area contributed by atoms with Crippen LogP contribution in [0.2, 0.25) is 0 Å². The van der Waals surface area contributed by atoms with Gasteiger partial charge in [-0.15, -0.1) is 0 Å². The van der Waals surface area contributed by atoms with Crippen molar-refractivity contribution in [3.05, 3.63) is 77.7 Å². The molecule has 32 heavy (non-hydrogen) atoms. The Morgan fingerprint density at radius 3 is 2.56 bits per heavy atom. The van der Waals surface area contributed by atoms with Crippen LogP contribution in [0.3, 0.4) is 0 Å². The summed E-state index contributed by atoms with van der Waals surface area (Å²) in [6.07, 6.45) is 1.94. The van der Waals surface area contributed by atoms with Crippen LogP contribution in [-0.4, -0.2) is 39.3 Å². The number of rotatable bonds is 6. The van der Waals surface area contributed by atoms with Crippen LogP contribution in [0.4, 0.5) is 11.8 Å². The third-order valence-electron chi connectivity index (χ3n) is 6.41. The summed E-state index contributed by atoms with van der Waals surface area (Å²) in [5, 5.41) is 3.55. The summed E-state index contributed by atoms with van der Waals surface area (Å²) >= 11 is 0. The summed E-state index contributed by atoms with van der Waals surface area (Å²) in [6, 6.07) is 20.8. The number of fused-ring (bicyclic) bond motifs is 1. The van der Waals surface area contributed by atoms with Crippen molar-refractivity contribution >= 4 is 22.8 Å². The van der Waals surface area contributed by atoms with Crippen LogP contribution in [0.1, 0.15) is 29.9 Å². The fourth-order valence-corrected chi connectivity index (χ4v) is 4.63. The van der Waals surface area contributed by atoms with Gasteiger partial charge in [0.15, 0.2) is 0 Å². The summed E-state index contributed by atoms with van der Waals surface area (Å²) in [5.41, 5.74) is 10.3. The lowest BCUT2D eigenvalue weighted by atomic mass is 9.74. The van der Waals surface area contributed by atoms with Gasteiger partial charge in [0.2, 0.25) is 5.95 Å². The number of nitrogens with two attached hydrogens (primary N) is 1. The van der Waals surface area contributed by atoms with Gasteiger partial charge in [-0.1, -0.05) is 42.5 Å². The molecule has 0 saturated carbocycles. The van der Waals surface area contributed by atoms with E-state index in [1.165, 1.54) is 5.56 Å². The highest BCUT2D eigenvalue weighted by Crippen LogP contribution is 2.35. The number of benzene rings is 2. The fourth-order valence-electron chi connectivity index (χ4n) is 4.63. The summed E-state index contributed by atoms with van der Waals surface area (Å²) in [7, 11) is 0. The Kier molecular flexibility index (Phi) is 5.49. The smallest absolute Gasteiger partial charge is 0.222 e. The monoisotopic (exact) mass is 428 g/mol. The van der Waals surface area contributed by atoms with E-state index in [1.54, 1.807) is 0 Å². The molecule has 2 aromatic carbocycles. The Hall–Kier alpha value is -3.45. The Labute approximate surface area is 187 Å². The van der Waals surface area contributed by atoms with E-state index in [2.05, 4.69) is 61.2 Å². The number of nitrogens with zero attached hydrogens (tertiary/aromatic N) is 4. The topological polar surface area (TPSA) is 90.9 Å². The lowest BCUT2D eigenvalue weighted by molar-refractivity contribution is 0.0543. The number of anilines is 2. The van der Waals surface area contributed by atoms with Gasteiger partial charge >= 0.3 is 0 Å². The molecule has 0 amide bonds. The zero-order valence-corrected chi connectivity index (χ0v) is 18.3. The van der Waals surface area contributed by atoms with Gasteiger partial charge < -0.3 is 20.4 Å². The molecule has 2 aromatic heterocycles. The molecule has 1 fully saturated rings. The van der Waals surface area contributed by atoms with E-state index in [0.29, 0.717) is 6.54 Å². The van der Waals surface area contributed by atoms with Crippen LogP contribution < -0.4 is 11.1 Å². The van der Waals surface area contributed by atoms with Crippen molar-refractivity contribution in [1.82, 2.24) is 19.5 Å². The average Bonchev–Trinajstić information content (AvgIpc) is 3.13. The molecular formula is C25H28N6O. The molecule has 4 aromatic rings. The van der Waals surface area contributed by atoms with Gasteiger partial charge in [-0.05, 0) is 37.5 Å². The number of nitrogen functional groups attached to an aromatic ring is 1. The van der Waals surface area contributed by atoms with Crippen LogP contribution in [0.15, 0.2) is 60.7 Å². The van der Waals surface area contributed by atoms with E-state index >= 15 is 0 Å². The van der Waals surface area contributed by atoms with Gasteiger partial charge in [0.25, 0.3) is 0 Å². The number of ether oxygens (including phenoxy) is 1. The normalized spacial score (nSPS) is 15.7. The zero-order valence-electron chi connectivity index (χ0n) is 18.3. The second kappa shape index (κ2) is 8.59. The minimum atomic E-state index is 0.0104. The standard InChI is InChI=1S/C25H28N6O/c1-18-28-21-9-5-6-10-22(21)31(18)16-20-15-23(30-24(26)29-20)27-17-25(11-13-32-14-12-25)19-7-3-2-4-8-19/h2-10,15H,11-14,16-17H2,1H3,(H3,26,27,29,30). The number of aryl methyl sites for hydroxylation is 1. The Morgan fingerprint density at radius 2 is 1.75 bits per heavy atom. The van der Waals surface area contributed by atoms with Crippen LogP contribution in [-0.2, 0) is 16.7 Å². The van der Waals surface area contributed by atoms with Crippen molar-refractivity contribution in [3.63, 3.8) is 0 Å². The molecule has 0 radical (unpaired) electrons. The molecule has 1 aliphatic heterocycles. The van der Waals surface area contributed by atoms with Gasteiger partial charge in [-0.25, -0.2) is 9.97 Å². The summed E-state index contributed by atoms with van der Waals surface area (Å²) < 4.78 is 7.82. The highest BCUT2D eigenvalue weighted by atomic mass is 16.5. The van der Waals surface area contributed by atoms with Crippen LogP contribution in [0.25, 0.3) is 11.0 Å². The van der Waals surface area contributed by atoms with Crippen LogP contribution in [0, 0.1) is 6.92 Å². The summed E-state index contributed by atoms with van der Waals surface area (Å²) in [4.78, 5) is 13.6. The first-order valence-corrected chi connectivity index (χ1v) is 11.1. The van der Waals surface area contributed by atoms with E-state index in [9.17, 15) is 0 Å². The van der Waals surface area contributed by atoms with E-state index in [4.69, 9.17) is 10.5 Å². The van der Waals surface area contributed by atoms with Crippen molar-refractivity contribution in [1.29, 1.82) is 0 Å². The SMILES string of the molecule is Cc1nc2ccccc2n1Cc1cc(NCC2(c3ccccc3)CCOCC2)nc(N)n1. The Bertz CT molecular complexity index is 1210. The molecule has 0 spiro atoms. The summed E-state index contributed by atoms with van der Waals surface area (Å²) in [5.74, 6) is 1.97. The van der Waals surface area contributed by atoms with Crippen molar-refractivity contribution in [2.45, 2.75) is 31.7 Å². The first-order chi connectivity index (χ1) is 15.6. The number of imidazole rings is 1. The largest absolute Gasteiger partial charge is 0.381 e. The van der Waals surface area contributed by atoms with E-state index in [1.807, 2.05) is 31.2 Å². The predicted octanol–water partition coefficient (Wildman–Crippen LogP) is 3.93. The quantitative estimate of drug-likeness (QED) is 0.484. The van der Waals surface area contributed by atoms with Gasteiger partial charge in [0, 0.05) is 31.2 Å². The minimum Gasteiger partial charge on any atom is -0.381 e. The van der Waals surface area contributed by atoms with Crippen molar-refractivity contribution in [2.75, 3.05) is 30.8 Å². The van der Waals surface area contributed by atoms with Gasteiger partial charge in [-0.2, -0.15) is 4.98 Å². The molecular weight excluding hydrogens is 400 g/mol. The number of hydrogen-bond acceptors (Lipinski definition) is 6. The van der Waals surface area contributed by atoms with Gasteiger partial charge in [-0.3, -0.25) is 0 Å². The highest BCUT2D eigenvalue weighted by Gasteiger charge is 2.34. The highest BCUT2D eigenvalue weighted by molar-refractivity contribution is 5.76. The molecule has 0 bridgehead atoms. The Balaban J connectivity index is 1.39. The minimum absolute atomic E-state index is 0.0104. The molecule has 1 saturated heterocycles. The molecule has 0 unspecified atom stereocenters. The maximum absolute atomic E-state index is 6.08. The van der Waals surface area contributed by atoms with Crippen molar-refractivity contribution < 1.29 is 4.74 Å². The first kappa shape index (κ1) is 20.5. The maximum atomic E-state index is 6.08. The van der Waals surface area contributed by atoms with Crippen molar-refractivity contribution in [2.24, 2.45) is 0 Å². The van der Waals surface area contributed by atoms with E-state index < -0.39 is 0 Å². The fraction of sp³-hybridized carbons (Fsp3) is 0.320. The van der Waals surface area contributed by atoms with Crippen LogP contribution in [0.5, 0.6) is 0 Å². The summed E-state index contributed by atoms with van der Waals surface area (Å²) in [6.45, 7) is 4.90. The molecule has 5 rings (SSSR count). The van der Waals surface area contributed by atoms with E-state index in [0.717, 1.165) is 61.0 Å². The molecule has 7 heteroatoms. The lowest BCUT2D eigenvalue weighted by Crippen LogP contribution is -2.40. The third-order valence-corrected chi connectivity index (χ3v) is 6.41. The molecule has 3 heterocycles. The molecule has 1 aliphatic rings. The van der Waals surface area contributed by atoms with Crippen LogP contribution >= 0.6 is 0 Å². The second-order valence-electron chi connectivity index (χ2n) is 8.45. The maximum Gasteiger partial charge on any atom is 0.222 e. The molecule has 0 atom stereocenters. The molecule has 3 N–H and O–H groups in total. The van der Waals surface area contributed by atoms with Gasteiger partial charge in [0.05, 0.1) is 23.3 Å². The molecule has 0 aliphatic carbocycles. The number of aromatic nitrogens is 4.